The van der Waals surface area contributed by atoms with E-state index in [9.17, 15) is 0 Å². The van der Waals surface area contributed by atoms with Crippen LogP contribution in [-0.2, 0) is 0 Å². The summed E-state index contributed by atoms with van der Waals surface area (Å²) < 4.78 is 0. The minimum Gasteiger partial charge on any atom is -0.330 e. The Morgan fingerprint density at radius 1 is 1.08 bits per heavy atom. The summed E-state index contributed by atoms with van der Waals surface area (Å²) in [5.41, 5.74) is 9.45. The van der Waals surface area contributed by atoms with Gasteiger partial charge in [-0.2, -0.15) is 0 Å². The van der Waals surface area contributed by atoms with E-state index in [0.717, 1.165) is 24.9 Å². The Morgan fingerprint density at radius 2 is 1.75 bits per heavy atom. The van der Waals surface area contributed by atoms with E-state index >= 15 is 0 Å². The van der Waals surface area contributed by atoms with Gasteiger partial charge >= 0.3 is 0 Å². The summed E-state index contributed by atoms with van der Waals surface area (Å²) in [5, 5.41) is 0. The summed E-state index contributed by atoms with van der Waals surface area (Å²) in [6.07, 6.45) is 6.70. The summed E-state index contributed by atoms with van der Waals surface area (Å²) in [6, 6.07) is 10.0. The van der Waals surface area contributed by atoms with Gasteiger partial charge in [-0.1, -0.05) is 45.0 Å². The minimum atomic E-state index is 0.469. The van der Waals surface area contributed by atoms with Crippen LogP contribution >= 0.6 is 0 Å². The average molecular weight is 329 g/mol. The fraction of sp³-hybridized carbons (Fsp3) is 0.727. The highest BCUT2D eigenvalue weighted by Gasteiger charge is 2.32. The molecular weight excluding hydrogens is 292 g/mol. The first kappa shape index (κ1) is 17.9. The molecule has 1 saturated heterocycles. The van der Waals surface area contributed by atoms with Crippen molar-refractivity contribution in [2.75, 3.05) is 20.1 Å². The standard InChI is InChI=1S/C22H36N2/c1-22(2,3)20-10-8-17(9-11-20)18-6-5-7-19(13-18)21-12-16(14-23)15-24(21)4/h5-7,13,16-17,20-21H,8-12,14-15,23H2,1-4H3. The van der Waals surface area contributed by atoms with Crippen LogP contribution in [0, 0.1) is 17.3 Å². The van der Waals surface area contributed by atoms with Gasteiger partial charge in [-0.15, -0.1) is 0 Å². The Hall–Kier alpha value is -0.860. The Morgan fingerprint density at radius 3 is 2.33 bits per heavy atom. The van der Waals surface area contributed by atoms with Crippen LogP contribution in [0.3, 0.4) is 0 Å². The van der Waals surface area contributed by atoms with Crippen molar-refractivity contribution in [3.63, 3.8) is 0 Å². The molecule has 0 bridgehead atoms. The number of nitrogens with zero attached hydrogens (tertiary/aromatic N) is 1. The van der Waals surface area contributed by atoms with Gasteiger partial charge in [0.25, 0.3) is 0 Å². The largest absolute Gasteiger partial charge is 0.330 e. The van der Waals surface area contributed by atoms with Gasteiger partial charge in [-0.3, -0.25) is 4.90 Å². The topological polar surface area (TPSA) is 29.3 Å². The van der Waals surface area contributed by atoms with E-state index in [-0.39, 0.29) is 0 Å². The molecule has 1 aromatic carbocycles. The van der Waals surface area contributed by atoms with Crippen LogP contribution in [0.4, 0.5) is 0 Å². The van der Waals surface area contributed by atoms with E-state index in [0.29, 0.717) is 17.4 Å². The lowest BCUT2D eigenvalue weighted by Crippen LogP contribution is -2.25. The molecule has 2 unspecified atom stereocenters. The molecule has 24 heavy (non-hydrogen) atoms. The minimum absolute atomic E-state index is 0.469. The van der Waals surface area contributed by atoms with Crippen LogP contribution < -0.4 is 5.73 Å². The van der Waals surface area contributed by atoms with Crippen LogP contribution in [0.25, 0.3) is 0 Å². The van der Waals surface area contributed by atoms with E-state index in [1.165, 1.54) is 37.7 Å². The first-order valence-corrected chi connectivity index (χ1v) is 9.88. The summed E-state index contributed by atoms with van der Waals surface area (Å²) in [5.74, 6) is 2.31. The normalized spacial score (nSPS) is 32.2. The lowest BCUT2D eigenvalue weighted by molar-refractivity contribution is 0.169. The van der Waals surface area contributed by atoms with Crippen molar-refractivity contribution in [2.45, 2.75) is 64.8 Å². The fourth-order valence-corrected chi connectivity index (χ4v) is 4.98. The van der Waals surface area contributed by atoms with Gasteiger partial charge in [0, 0.05) is 12.6 Å². The van der Waals surface area contributed by atoms with Crippen molar-refractivity contribution in [1.29, 1.82) is 0 Å². The maximum absolute atomic E-state index is 5.90. The molecule has 3 rings (SSSR count). The Bertz CT molecular complexity index is 537. The molecule has 0 amide bonds. The third-order valence-corrected chi connectivity index (χ3v) is 6.69. The van der Waals surface area contributed by atoms with Crippen LogP contribution in [0.15, 0.2) is 24.3 Å². The molecule has 134 valence electrons. The highest BCUT2D eigenvalue weighted by molar-refractivity contribution is 5.29. The summed E-state index contributed by atoms with van der Waals surface area (Å²) >= 11 is 0. The van der Waals surface area contributed by atoms with Crippen LogP contribution in [0.2, 0.25) is 0 Å². The van der Waals surface area contributed by atoms with Crippen molar-refractivity contribution in [1.82, 2.24) is 4.90 Å². The predicted molar refractivity (Wildman–Crippen MR) is 103 cm³/mol. The number of benzene rings is 1. The van der Waals surface area contributed by atoms with E-state index in [1.807, 2.05) is 0 Å². The van der Waals surface area contributed by atoms with Gasteiger partial charge in [-0.05, 0) is 80.0 Å². The zero-order chi connectivity index (χ0) is 17.3. The first-order chi connectivity index (χ1) is 11.4. The average Bonchev–Trinajstić information content (AvgIpc) is 2.95. The molecule has 1 aromatic rings. The van der Waals surface area contributed by atoms with Gasteiger partial charge in [0.1, 0.15) is 0 Å². The fourth-order valence-electron chi connectivity index (χ4n) is 4.98. The lowest BCUT2D eigenvalue weighted by Gasteiger charge is -2.37. The van der Waals surface area contributed by atoms with E-state index < -0.39 is 0 Å². The number of likely N-dealkylation sites (tertiary alicyclic amines) is 1. The van der Waals surface area contributed by atoms with Gasteiger partial charge < -0.3 is 5.73 Å². The predicted octanol–water partition coefficient (Wildman–Crippen LogP) is 4.96. The third-order valence-electron chi connectivity index (χ3n) is 6.69. The zero-order valence-electron chi connectivity index (χ0n) is 16.1. The zero-order valence-corrected chi connectivity index (χ0v) is 16.1. The third kappa shape index (κ3) is 3.86. The highest BCUT2D eigenvalue weighted by atomic mass is 15.2. The van der Waals surface area contributed by atoms with Crippen molar-refractivity contribution in [3.8, 4) is 0 Å². The molecule has 2 nitrogen and oxygen atoms in total. The second kappa shape index (κ2) is 7.17. The number of rotatable bonds is 3. The van der Waals surface area contributed by atoms with E-state index in [4.69, 9.17) is 5.73 Å². The van der Waals surface area contributed by atoms with Gasteiger partial charge in [-0.25, -0.2) is 0 Å². The maximum atomic E-state index is 5.90. The Labute approximate surface area is 148 Å². The van der Waals surface area contributed by atoms with Crippen molar-refractivity contribution in [3.05, 3.63) is 35.4 Å². The molecule has 0 radical (unpaired) electrons. The van der Waals surface area contributed by atoms with Gasteiger partial charge in [0.05, 0.1) is 0 Å². The lowest BCUT2D eigenvalue weighted by atomic mass is 9.68. The summed E-state index contributed by atoms with van der Waals surface area (Å²) in [7, 11) is 2.25. The summed E-state index contributed by atoms with van der Waals surface area (Å²) in [6.45, 7) is 9.17. The molecule has 2 heteroatoms. The highest BCUT2D eigenvalue weighted by Crippen LogP contribution is 2.44. The molecule has 2 fully saturated rings. The molecule has 0 aromatic heterocycles. The summed E-state index contributed by atoms with van der Waals surface area (Å²) in [4.78, 5) is 2.49. The first-order valence-electron chi connectivity index (χ1n) is 9.88. The molecule has 1 heterocycles. The molecule has 1 aliphatic carbocycles. The number of hydrogen-bond acceptors (Lipinski definition) is 2. The van der Waals surface area contributed by atoms with Crippen molar-refractivity contribution in [2.24, 2.45) is 23.0 Å². The number of nitrogens with two attached hydrogens (primary N) is 1. The monoisotopic (exact) mass is 328 g/mol. The molecule has 2 atom stereocenters. The van der Waals surface area contributed by atoms with Crippen LogP contribution in [0.5, 0.6) is 0 Å². The van der Waals surface area contributed by atoms with Crippen molar-refractivity contribution < 1.29 is 0 Å². The quantitative estimate of drug-likeness (QED) is 0.850. The smallest absolute Gasteiger partial charge is 0.0348 e. The maximum Gasteiger partial charge on any atom is 0.0348 e. The molecule has 1 aliphatic heterocycles. The van der Waals surface area contributed by atoms with Crippen LogP contribution in [-0.4, -0.2) is 25.0 Å². The van der Waals surface area contributed by atoms with Gasteiger partial charge in [0.2, 0.25) is 0 Å². The second-order valence-electron chi connectivity index (χ2n) is 9.38. The second-order valence-corrected chi connectivity index (χ2v) is 9.38. The van der Waals surface area contributed by atoms with E-state index in [2.05, 4.69) is 57.0 Å². The van der Waals surface area contributed by atoms with E-state index in [1.54, 1.807) is 5.56 Å². The molecule has 2 N–H and O–H groups in total. The molecule has 0 spiro atoms. The SMILES string of the molecule is CN1CC(CN)CC1c1cccc(C2CCC(C(C)(C)C)CC2)c1. The van der Waals surface area contributed by atoms with Crippen molar-refractivity contribution >= 4 is 0 Å². The Balaban J connectivity index is 1.68. The molecular formula is C22H36N2. The molecule has 2 aliphatic rings. The number of hydrogen-bond donors (Lipinski definition) is 1. The van der Waals surface area contributed by atoms with Crippen LogP contribution in [0.1, 0.15) is 76.0 Å². The van der Waals surface area contributed by atoms with Gasteiger partial charge in [0.15, 0.2) is 0 Å². The molecule has 1 saturated carbocycles. The Kier molecular flexibility index (Phi) is 5.36.